The van der Waals surface area contributed by atoms with Crippen LogP contribution in [0.3, 0.4) is 0 Å². The van der Waals surface area contributed by atoms with Gasteiger partial charge in [-0.3, -0.25) is 9.59 Å². The number of benzene rings is 1. The van der Waals surface area contributed by atoms with Gasteiger partial charge in [0.05, 0.1) is 14.2 Å². The fourth-order valence-corrected chi connectivity index (χ4v) is 2.13. The molecule has 0 saturated heterocycles. The van der Waals surface area contributed by atoms with E-state index >= 15 is 0 Å². The first-order valence-electron chi connectivity index (χ1n) is 6.90. The van der Waals surface area contributed by atoms with E-state index in [4.69, 9.17) is 9.47 Å². The van der Waals surface area contributed by atoms with Gasteiger partial charge in [0.25, 0.3) is 5.91 Å². The fourth-order valence-electron chi connectivity index (χ4n) is 2.13. The first-order chi connectivity index (χ1) is 10.5. The molecule has 1 aliphatic rings. The van der Waals surface area contributed by atoms with E-state index in [1.807, 2.05) is 19.1 Å². The number of aryl methyl sites for hydroxylation is 1. The minimum absolute atomic E-state index is 0.174. The molecule has 2 N–H and O–H groups in total. The third kappa shape index (κ3) is 3.55. The molecule has 1 heterocycles. The van der Waals surface area contributed by atoms with Crippen LogP contribution in [0.5, 0.6) is 11.5 Å². The molecular formula is C15H19N3O4. The minimum atomic E-state index is -0.283. The van der Waals surface area contributed by atoms with Crippen LogP contribution in [0.1, 0.15) is 24.0 Å². The summed E-state index contributed by atoms with van der Waals surface area (Å²) in [5, 5.41) is 6.56. The van der Waals surface area contributed by atoms with Crippen LogP contribution in [-0.2, 0) is 16.1 Å². The van der Waals surface area contributed by atoms with Gasteiger partial charge in [-0.15, -0.1) is 0 Å². The molecule has 0 aliphatic carbocycles. The maximum Gasteiger partial charge on any atom is 0.267 e. The number of nitrogens with zero attached hydrogens (tertiary/aromatic N) is 1. The predicted molar refractivity (Wildman–Crippen MR) is 80.9 cm³/mol. The van der Waals surface area contributed by atoms with Crippen molar-refractivity contribution < 1.29 is 19.1 Å². The van der Waals surface area contributed by atoms with Crippen molar-refractivity contribution in [3.8, 4) is 11.5 Å². The maximum atomic E-state index is 12.0. The molecule has 0 spiro atoms. The highest BCUT2D eigenvalue weighted by atomic mass is 16.5. The Morgan fingerprint density at radius 1 is 1.27 bits per heavy atom. The number of rotatable bonds is 5. The van der Waals surface area contributed by atoms with Crippen molar-refractivity contribution in [1.82, 2.24) is 10.7 Å². The van der Waals surface area contributed by atoms with Crippen LogP contribution >= 0.6 is 0 Å². The number of hydrazone groups is 1. The van der Waals surface area contributed by atoms with Gasteiger partial charge in [0, 0.05) is 19.4 Å². The average Bonchev–Trinajstić information content (AvgIpc) is 2.53. The highest BCUT2D eigenvalue weighted by Gasteiger charge is 2.18. The SMILES string of the molecule is COc1cc(C)c(CNC(=O)C2=NNC(=O)CC2)cc1OC. The van der Waals surface area contributed by atoms with Gasteiger partial charge < -0.3 is 14.8 Å². The molecule has 0 radical (unpaired) electrons. The Kier molecular flexibility index (Phi) is 4.98. The van der Waals surface area contributed by atoms with Crippen molar-refractivity contribution in [3.63, 3.8) is 0 Å². The summed E-state index contributed by atoms with van der Waals surface area (Å²) in [6.45, 7) is 2.28. The summed E-state index contributed by atoms with van der Waals surface area (Å²) in [6.07, 6.45) is 0.629. The van der Waals surface area contributed by atoms with Crippen molar-refractivity contribution in [1.29, 1.82) is 0 Å². The van der Waals surface area contributed by atoms with Gasteiger partial charge in [0.2, 0.25) is 5.91 Å². The zero-order valence-corrected chi connectivity index (χ0v) is 12.9. The standard InChI is InChI=1S/C15H19N3O4/c1-9-6-12(21-2)13(22-3)7-10(9)8-16-15(20)11-4-5-14(19)18-17-11/h6-7H,4-5,8H2,1-3H3,(H,16,20)(H,18,19). The summed E-state index contributed by atoms with van der Waals surface area (Å²) in [4.78, 5) is 23.0. The van der Waals surface area contributed by atoms with Gasteiger partial charge in [-0.05, 0) is 30.2 Å². The molecule has 0 saturated carbocycles. The Hall–Kier alpha value is -2.57. The highest BCUT2D eigenvalue weighted by molar-refractivity contribution is 6.39. The van der Waals surface area contributed by atoms with Gasteiger partial charge in [-0.1, -0.05) is 0 Å². The number of carbonyl (C=O) groups excluding carboxylic acids is 2. The predicted octanol–water partition coefficient (Wildman–Crippen LogP) is 0.894. The van der Waals surface area contributed by atoms with E-state index in [1.54, 1.807) is 14.2 Å². The van der Waals surface area contributed by atoms with Gasteiger partial charge in [-0.2, -0.15) is 5.10 Å². The van der Waals surface area contributed by atoms with Crippen LogP contribution in [0.15, 0.2) is 17.2 Å². The van der Waals surface area contributed by atoms with E-state index in [1.165, 1.54) is 0 Å². The average molecular weight is 305 g/mol. The summed E-state index contributed by atoms with van der Waals surface area (Å²) in [6, 6.07) is 3.69. The molecule has 22 heavy (non-hydrogen) atoms. The normalized spacial score (nSPS) is 14.0. The quantitative estimate of drug-likeness (QED) is 0.845. The zero-order chi connectivity index (χ0) is 16.1. The third-order valence-corrected chi connectivity index (χ3v) is 3.45. The van der Waals surface area contributed by atoms with E-state index < -0.39 is 0 Å². The molecule has 0 bridgehead atoms. The molecule has 1 aliphatic heterocycles. The topological polar surface area (TPSA) is 89.0 Å². The summed E-state index contributed by atoms with van der Waals surface area (Å²) >= 11 is 0. The van der Waals surface area contributed by atoms with Crippen molar-refractivity contribution in [2.45, 2.75) is 26.3 Å². The molecule has 1 aromatic rings. The number of hydrogen-bond acceptors (Lipinski definition) is 5. The second-order valence-corrected chi connectivity index (χ2v) is 4.91. The van der Waals surface area contributed by atoms with E-state index in [0.29, 0.717) is 30.2 Å². The second kappa shape index (κ2) is 6.93. The lowest BCUT2D eigenvalue weighted by Gasteiger charge is -2.15. The van der Waals surface area contributed by atoms with Crippen LogP contribution in [0.2, 0.25) is 0 Å². The molecule has 2 amide bonds. The van der Waals surface area contributed by atoms with Crippen molar-refractivity contribution in [2.24, 2.45) is 5.10 Å². The molecule has 1 aromatic carbocycles. The number of amides is 2. The molecule has 0 aromatic heterocycles. The number of nitrogens with one attached hydrogen (secondary N) is 2. The lowest BCUT2D eigenvalue weighted by atomic mass is 10.1. The maximum absolute atomic E-state index is 12.0. The summed E-state index contributed by atoms with van der Waals surface area (Å²) in [5.41, 5.74) is 4.54. The smallest absolute Gasteiger partial charge is 0.267 e. The molecule has 7 nitrogen and oxygen atoms in total. The van der Waals surface area contributed by atoms with Crippen molar-refractivity contribution in [2.75, 3.05) is 14.2 Å². The van der Waals surface area contributed by atoms with Crippen LogP contribution < -0.4 is 20.2 Å². The Balaban J connectivity index is 2.05. The van der Waals surface area contributed by atoms with Crippen LogP contribution in [0.25, 0.3) is 0 Å². The van der Waals surface area contributed by atoms with E-state index in [2.05, 4.69) is 15.8 Å². The van der Waals surface area contributed by atoms with Crippen molar-refractivity contribution in [3.05, 3.63) is 23.3 Å². The third-order valence-electron chi connectivity index (χ3n) is 3.45. The van der Waals surface area contributed by atoms with Gasteiger partial charge in [0.15, 0.2) is 11.5 Å². The largest absolute Gasteiger partial charge is 0.493 e. The van der Waals surface area contributed by atoms with Crippen LogP contribution in [0.4, 0.5) is 0 Å². The molecule has 0 atom stereocenters. The minimum Gasteiger partial charge on any atom is -0.493 e. The van der Waals surface area contributed by atoms with Crippen LogP contribution in [0, 0.1) is 6.92 Å². The summed E-state index contributed by atoms with van der Waals surface area (Å²) in [5.74, 6) is 0.801. The molecule has 0 fully saturated rings. The van der Waals surface area contributed by atoms with E-state index in [9.17, 15) is 9.59 Å². The van der Waals surface area contributed by atoms with Crippen molar-refractivity contribution >= 4 is 17.5 Å². The number of methoxy groups -OCH3 is 2. The molecule has 2 rings (SSSR count). The fraction of sp³-hybridized carbons (Fsp3) is 0.400. The van der Waals surface area contributed by atoms with Gasteiger partial charge in [0.1, 0.15) is 5.71 Å². The number of hydrogen-bond donors (Lipinski definition) is 2. The first-order valence-corrected chi connectivity index (χ1v) is 6.90. The number of ether oxygens (including phenoxy) is 2. The Morgan fingerprint density at radius 2 is 1.95 bits per heavy atom. The van der Waals surface area contributed by atoms with E-state index in [0.717, 1.165) is 11.1 Å². The second-order valence-electron chi connectivity index (χ2n) is 4.91. The lowest BCUT2D eigenvalue weighted by Crippen LogP contribution is -2.36. The highest BCUT2D eigenvalue weighted by Crippen LogP contribution is 2.30. The lowest BCUT2D eigenvalue weighted by molar-refractivity contribution is -0.121. The Labute approximate surface area is 128 Å². The monoisotopic (exact) mass is 305 g/mol. The summed E-state index contributed by atoms with van der Waals surface area (Å²) < 4.78 is 10.5. The summed E-state index contributed by atoms with van der Waals surface area (Å²) in [7, 11) is 3.14. The van der Waals surface area contributed by atoms with E-state index in [-0.39, 0.29) is 18.2 Å². The van der Waals surface area contributed by atoms with Gasteiger partial charge in [-0.25, -0.2) is 5.43 Å². The molecular weight excluding hydrogens is 286 g/mol. The van der Waals surface area contributed by atoms with Gasteiger partial charge >= 0.3 is 0 Å². The molecule has 0 unspecified atom stereocenters. The zero-order valence-electron chi connectivity index (χ0n) is 12.9. The number of carbonyl (C=O) groups is 2. The Bertz CT molecular complexity index is 625. The first kappa shape index (κ1) is 15.8. The molecule has 7 heteroatoms. The Morgan fingerprint density at radius 3 is 2.55 bits per heavy atom. The van der Waals surface area contributed by atoms with Crippen LogP contribution in [-0.4, -0.2) is 31.7 Å². The molecule has 118 valence electrons.